The lowest BCUT2D eigenvalue weighted by Gasteiger charge is -2.18. The van der Waals surface area contributed by atoms with E-state index in [2.05, 4.69) is 15.9 Å². The second-order valence-corrected chi connectivity index (χ2v) is 5.43. The van der Waals surface area contributed by atoms with Crippen molar-refractivity contribution in [3.05, 3.63) is 28.2 Å². The van der Waals surface area contributed by atoms with E-state index in [0.717, 1.165) is 15.7 Å². The van der Waals surface area contributed by atoms with Gasteiger partial charge in [-0.05, 0) is 42.3 Å². The first-order chi connectivity index (χ1) is 7.99. The SMILES string of the molecule is Cc1cc(Br)ccc1N1C[C@@H](C(=O)Cl)CC1=O. The molecule has 1 saturated heterocycles. The molecule has 0 spiro atoms. The number of anilines is 1. The van der Waals surface area contributed by atoms with Gasteiger partial charge in [0, 0.05) is 23.1 Å². The highest BCUT2D eigenvalue weighted by molar-refractivity contribution is 9.10. The van der Waals surface area contributed by atoms with E-state index in [4.69, 9.17) is 11.6 Å². The Labute approximate surface area is 113 Å². The maximum absolute atomic E-state index is 11.8. The van der Waals surface area contributed by atoms with Gasteiger partial charge in [-0.3, -0.25) is 9.59 Å². The topological polar surface area (TPSA) is 37.4 Å². The van der Waals surface area contributed by atoms with Crippen molar-refractivity contribution in [2.75, 3.05) is 11.4 Å². The highest BCUT2D eigenvalue weighted by atomic mass is 79.9. The van der Waals surface area contributed by atoms with Gasteiger partial charge in [-0.25, -0.2) is 0 Å². The molecular formula is C12H11BrClNO2. The van der Waals surface area contributed by atoms with Gasteiger partial charge in [0.2, 0.25) is 11.1 Å². The van der Waals surface area contributed by atoms with Crippen molar-refractivity contribution in [2.24, 2.45) is 5.92 Å². The third kappa shape index (κ3) is 2.53. The first kappa shape index (κ1) is 12.6. The molecule has 17 heavy (non-hydrogen) atoms. The lowest BCUT2D eigenvalue weighted by molar-refractivity contribution is -0.120. The summed E-state index contributed by atoms with van der Waals surface area (Å²) in [5.41, 5.74) is 1.84. The molecule has 3 nitrogen and oxygen atoms in total. The minimum absolute atomic E-state index is 0.0468. The first-order valence-electron chi connectivity index (χ1n) is 5.25. The molecule has 0 radical (unpaired) electrons. The molecule has 0 bridgehead atoms. The smallest absolute Gasteiger partial charge is 0.227 e. The molecule has 90 valence electrons. The molecule has 1 aliphatic rings. The molecule has 1 aliphatic heterocycles. The molecule has 1 fully saturated rings. The van der Waals surface area contributed by atoms with Crippen LogP contribution in [0.2, 0.25) is 0 Å². The van der Waals surface area contributed by atoms with Gasteiger partial charge in [0.15, 0.2) is 0 Å². The van der Waals surface area contributed by atoms with Crippen LogP contribution in [0.4, 0.5) is 5.69 Å². The fourth-order valence-corrected chi connectivity index (χ4v) is 2.64. The second-order valence-electron chi connectivity index (χ2n) is 4.14. The van der Waals surface area contributed by atoms with Gasteiger partial charge in [-0.2, -0.15) is 0 Å². The molecule has 0 aliphatic carbocycles. The summed E-state index contributed by atoms with van der Waals surface area (Å²) in [7, 11) is 0. The number of aryl methyl sites for hydroxylation is 1. The van der Waals surface area contributed by atoms with Gasteiger partial charge >= 0.3 is 0 Å². The summed E-state index contributed by atoms with van der Waals surface area (Å²) in [5.74, 6) is -0.429. The lowest BCUT2D eigenvalue weighted by atomic mass is 10.1. The van der Waals surface area contributed by atoms with Crippen molar-refractivity contribution in [3.63, 3.8) is 0 Å². The summed E-state index contributed by atoms with van der Waals surface area (Å²) < 4.78 is 0.968. The van der Waals surface area contributed by atoms with Gasteiger partial charge in [0.1, 0.15) is 0 Å². The number of amides is 1. The fraction of sp³-hybridized carbons (Fsp3) is 0.333. The molecule has 1 heterocycles. The van der Waals surface area contributed by atoms with E-state index in [0.29, 0.717) is 6.54 Å². The zero-order valence-corrected chi connectivity index (χ0v) is 11.6. The van der Waals surface area contributed by atoms with Gasteiger partial charge in [-0.15, -0.1) is 0 Å². The normalized spacial score (nSPS) is 19.8. The van der Waals surface area contributed by atoms with E-state index < -0.39 is 5.24 Å². The predicted molar refractivity (Wildman–Crippen MR) is 70.2 cm³/mol. The van der Waals surface area contributed by atoms with E-state index in [1.54, 1.807) is 4.90 Å². The zero-order valence-electron chi connectivity index (χ0n) is 9.24. The van der Waals surface area contributed by atoms with Gasteiger partial charge < -0.3 is 4.90 Å². The molecule has 1 atom stereocenters. The Kier molecular flexibility index (Phi) is 3.54. The molecular weight excluding hydrogens is 305 g/mol. The standard InChI is InChI=1S/C12H11BrClNO2/c1-7-4-9(13)2-3-10(7)15-6-8(12(14)17)5-11(15)16/h2-4,8H,5-6H2,1H3/t8-/m0/s1. The maximum Gasteiger partial charge on any atom is 0.227 e. The van der Waals surface area contributed by atoms with Crippen molar-refractivity contribution < 1.29 is 9.59 Å². The molecule has 0 saturated carbocycles. The van der Waals surface area contributed by atoms with Crippen LogP contribution in [-0.4, -0.2) is 17.7 Å². The third-order valence-corrected chi connectivity index (χ3v) is 3.70. The van der Waals surface area contributed by atoms with E-state index in [9.17, 15) is 9.59 Å². The number of halogens is 2. The maximum atomic E-state index is 11.8. The van der Waals surface area contributed by atoms with Crippen molar-refractivity contribution in [2.45, 2.75) is 13.3 Å². The van der Waals surface area contributed by atoms with Crippen molar-refractivity contribution in [3.8, 4) is 0 Å². The van der Waals surface area contributed by atoms with Crippen LogP contribution in [0.1, 0.15) is 12.0 Å². The average Bonchev–Trinajstić information content (AvgIpc) is 2.61. The Hall–Kier alpha value is -0.870. The second kappa shape index (κ2) is 4.78. The molecule has 0 N–H and O–H groups in total. The van der Waals surface area contributed by atoms with E-state index in [1.807, 2.05) is 25.1 Å². The van der Waals surface area contributed by atoms with Gasteiger partial charge in [0.25, 0.3) is 0 Å². The quantitative estimate of drug-likeness (QED) is 0.787. The minimum Gasteiger partial charge on any atom is -0.311 e. The number of benzene rings is 1. The fourth-order valence-electron chi connectivity index (χ4n) is 2.01. The monoisotopic (exact) mass is 315 g/mol. The molecule has 1 aromatic carbocycles. The summed E-state index contributed by atoms with van der Waals surface area (Å²) in [4.78, 5) is 24.5. The van der Waals surface area contributed by atoms with Crippen LogP contribution in [0, 0.1) is 12.8 Å². The molecule has 1 amide bonds. The molecule has 0 aromatic heterocycles. The number of hydrogen-bond acceptors (Lipinski definition) is 2. The summed E-state index contributed by atoms with van der Waals surface area (Å²) in [6.07, 6.45) is 0.206. The Balaban J connectivity index is 2.29. The first-order valence-corrected chi connectivity index (χ1v) is 6.42. The van der Waals surface area contributed by atoms with Crippen LogP contribution in [0.15, 0.2) is 22.7 Å². The van der Waals surface area contributed by atoms with Crippen molar-refractivity contribution in [1.29, 1.82) is 0 Å². The van der Waals surface area contributed by atoms with Crippen LogP contribution in [0.25, 0.3) is 0 Å². The number of hydrogen-bond donors (Lipinski definition) is 0. The van der Waals surface area contributed by atoms with E-state index in [1.165, 1.54) is 0 Å². The third-order valence-electron chi connectivity index (χ3n) is 2.90. The Bertz CT molecular complexity index is 489. The summed E-state index contributed by atoms with van der Waals surface area (Å²) in [6.45, 7) is 2.31. The molecule has 5 heteroatoms. The van der Waals surface area contributed by atoms with Crippen LogP contribution in [0.5, 0.6) is 0 Å². The number of carbonyl (C=O) groups excluding carboxylic acids is 2. The summed E-state index contributed by atoms with van der Waals surface area (Å²) in [5, 5.41) is -0.435. The minimum atomic E-state index is -0.435. The highest BCUT2D eigenvalue weighted by Crippen LogP contribution is 2.30. The van der Waals surface area contributed by atoms with Crippen LogP contribution >= 0.6 is 27.5 Å². The molecule has 1 aromatic rings. The Morgan fingerprint density at radius 2 is 2.24 bits per heavy atom. The summed E-state index contributed by atoms with van der Waals surface area (Å²) in [6, 6.07) is 5.70. The van der Waals surface area contributed by atoms with Crippen molar-refractivity contribution >= 4 is 44.4 Å². The largest absolute Gasteiger partial charge is 0.311 e. The number of rotatable bonds is 2. The van der Waals surface area contributed by atoms with E-state index >= 15 is 0 Å². The lowest BCUT2D eigenvalue weighted by Crippen LogP contribution is -2.25. The Morgan fingerprint density at radius 3 is 2.76 bits per heavy atom. The number of nitrogens with zero attached hydrogens (tertiary/aromatic N) is 1. The average molecular weight is 317 g/mol. The Morgan fingerprint density at radius 1 is 1.53 bits per heavy atom. The van der Waals surface area contributed by atoms with E-state index in [-0.39, 0.29) is 18.2 Å². The zero-order chi connectivity index (χ0) is 12.6. The van der Waals surface area contributed by atoms with Crippen LogP contribution < -0.4 is 4.90 Å². The number of carbonyl (C=O) groups is 2. The van der Waals surface area contributed by atoms with Crippen LogP contribution in [0.3, 0.4) is 0 Å². The molecule has 0 unspecified atom stereocenters. The molecule has 2 rings (SSSR count). The van der Waals surface area contributed by atoms with Crippen LogP contribution in [-0.2, 0) is 9.59 Å². The summed E-state index contributed by atoms with van der Waals surface area (Å²) >= 11 is 8.82. The van der Waals surface area contributed by atoms with Gasteiger partial charge in [-0.1, -0.05) is 15.9 Å². The van der Waals surface area contributed by atoms with Crippen molar-refractivity contribution in [1.82, 2.24) is 0 Å². The van der Waals surface area contributed by atoms with Gasteiger partial charge in [0.05, 0.1) is 5.92 Å². The predicted octanol–water partition coefficient (Wildman–Crippen LogP) is 2.88. The highest BCUT2D eigenvalue weighted by Gasteiger charge is 2.34.